The Labute approximate surface area is 131 Å². The summed E-state index contributed by atoms with van der Waals surface area (Å²) >= 11 is 6.54. The maximum atomic E-state index is 6.54. The summed E-state index contributed by atoms with van der Waals surface area (Å²) in [5.41, 5.74) is 0. The Hall–Kier alpha value is 1.37. The van der Waals surface area contributed by atoms with E-state index in [1.807, 2.05) is 0 Å². The van der Waals surface area contributed by atoms with Crippen molar-refractivity contribution >= 4 is 54.1 Å². The van der Waals surface area contributed by atoms with Gasteiger partial charge in [-0.1, -0.05) is 71.1 Å². The highest BCUT2D eigenvalue weighted by molar-refractivity contribution is 7.61. The predicted molar refractivity (Wildman–Crippen MR) is 105 cm³/mol. The lowest BCUT2D eigenvalue weighted by Crippen LogP contribution is -2.25. The first kappa shape index (κ1) is 19.4. The fourth-order valence-corrected chi connectivity index (χ4v) is 87.9. The van der Waals surface area contributed by atoms with Crippen LogP contribution in [0.4, 0.5) is 0 Å². The summed E-state index contributed by atoms with van der Waals surface area (Å²) in [7, 11) is 2.65. The lowest BCUT2D eigenvalue weighted by atomic mass is 10.1. The Kier molecular flexibility index (Phi) is 17.7. The molecule has 0 saturated heterocycles. The summed E-state index contributed by atoms with van der Waals surface area (Å²) < 4.78 is 0. The molecule has 0 radical (unpaired) electrons. The lowest BCUT2D eigenvalue weighted by molar-refractivity contribution is 0.562. The van der Waals surface area contributed by atoms with Gasteiger partial charge in [0.25, 0.3) is 0 Å². The third-order valence-corrected chi connectivity index (χ3v) is 65.3. The van der Waals surface area contributed by atoms with Gasteiger partial charge >= 0.3 is 0 Å². The second kappa shape index (κ2) is 16.4. The molecule has 6 heteroatoms. The summed E-state index contributed by atoms with van der Waals surface area (Å²) in [4.78, 5) is 0. The maximum Gasteiger partial charge on any atom is 0.121 e. The van der Waals surface area contributed by atoms with Gasteiger partial charge < -0.3 is 0 Å². The van der Waals surface area contributed by atoms with Crippen LogP contribution < -0.4 is 0 Å². The number of rotatable bonds is 14. The van der Waals surface area contributed by atoms with Gasteiger partial charge in [0.05, 0.1) is 0 Å². The van der Waals surface area contributed by atoms with Gasteiger partial charge in [-0.05, 0) is 32.9 Å². The molecule has 0 N–H and O–H groups in total. The second-order valence-corrected chi connectivity index (χ2v) is 43.5. The van der Waals surface area contributed by atoms with Crippen LogP contribution in [0.15, 0.2) is 0 Å². The quantitative estimate of drug-likeness (QED) is 0.248. The highest BCUT2D eigenvalue weighted by Crippen LogP contribution is 2.12. The van der Waals surface area contributed by atoms with E-state index in [9.17, 15) is 0 Å². The van der Waals surface area contributed by atoms with E-state index in [0.717, 1.165) is 0 Å². The molecule has 0 aliphatic rings. The molecule has 1 unspecified atom stereocenters. The van der Waals surface area contributed by atoms with Crippen LogP contribution in [0.5, 0.6) is 0 Å². The van der Waals surface area contributed by atoms with Crippen LogP contribution in [0.3, 0.4) is 0 Å². The van der Waals surface area contributed by atoms with Crippen LogP contribution in [0, 0.1) is 0 Å². The normalized spacial score (nSPS) is 15.0. The first-order valence-electron chi connectivity index (χ1n) is 8.45. The van der Waals surface area contributed by atoms with Crippen molar-refractivity contribution in [3.63, 3.8) is 0 Å². The van der Waals surface area contributed by atoms with Crippen LogP contribution >= 0.6 is 11.1 Å². The highest BCUT2D eigenvalue weighted by Gasteiger charge is 2.06. The third kappa shape index (κ3) is 15.4. The molecule has 110 valence electrons. The van der Waals surface area contributed by atoms with E-state index in [-0.39, 0.29) is 0 Å². The average Bonchev–Trinajstić information content (AvgIpc) is 2.38. The number of hydrogen-bond acceptors (Lipinski definition) is 0. The van der Waals surface area contributed by atoms with Crippen molar-refractivity contribution in [2.24, 2.45) is 0 Å². The van der Waals surface area contributed by atoms with Crippen molar-refractivity contribution in [1.29, 1.82) is 0 Å². The van der Waals surface area contributed by atoms with E-state index in [2.05, 4.69) is 6.92 Å². The summed E-state index contributed by atoms with van der Waals surface area (Å²) in [5.74, 6) is 0. The first-order valence-corrected chi connectivity index (χ1v) is 27.9. The van der Waals surface area contributed by atoms with Crippen LogP contribution in [0.25, 0.3) is 0 Å². The molecular formula is C12H35ClSi5. The molecule has 1 atom stereocenters. The van der Waals surface area contributed by atoms with Crippen molar-refractivity contribution in [3.05, 3.63) is 0 Å². The molecule has 0 nitrogen and oxygen atoms in total. The molecule has 18 heavy (non-hydrogen) atoms. The van der Waals surface area contributed by atoms with Crippen molar-refractivity contribution in [2.75, 3.05) is 0 Å². The first-order chi connectivity index (χ1) is 8.81. The van der Waals surface area contributed by atoms with Gasteiger partial charge in [0.15, 0.2) is 0 Å². The molecule has 0 rings (SSSR count). The van der Waals surface area contributed by atoms with Gasteiger partial charge in [-0.25, -0.2) is 0 Å². The predicted octanol–water partition coefficient (Wildman–Crippen LogP) is 0.983. The maximum absolute atomic E-state index is 6.54. The molecule has 0 fully saturated rings. The van der Waals surface area contributed by atoms with Crippen molar-refractivity contribution < 1.29 is 0 Å². The van der Waals surface area contributed by atoms with E-state index in [0.29, 0.717) is 25.7 Å². The van der Waals surface area contributed by atoms with Gasteiger partial charge in [0.1, 0.15) is 7.62 Å². The number of halogens is 1. The summed E-state index contributed by atoms with van der Waals surface area (Å²) in [6, 6.07) is 1.51. The molecular weight excluding hydrogens is 320 g/mol. The summed E-state index contributed by atoms with van der Waals surface area (Å²) in [5, 5.41) is 0. The van der Waals surface area contributed by atoms with E-state index in [4.69, 9.17) is 11.1 Å². The van der Waals surface area contributed by atoms with Gasteiger partial charge in [-0.15, -0.1) is 0 Å². The number of hydrogen-bond donors (Lipinski definition) is 0. The zero-order chi connectivity index (χ0) is 13.5. The smallest absolute Gasteiger partial charge is 0.121 e. The molecule has 0 bridgehead atoms. The van der Waals surface area contributed by atoms with Crippen molar-refractivity contribution in [3.8, 4) is 0 Å². The Bertz CT molecular complexity index is 159. The molecule has 0 aromatic carbocycles. The zero-order valence-corrected chi connectivity index (χ0v) is 21.0. The minimum absolute atomic E-state index is 0.419. The molecule has 0 aromatic heterocycles. The number of unbranched alkanes of at least 4 members (excludes halogenated alkanes) is 9. The van der Waals surface area contributed by atoms with Gasteiger partial charge in [0.2, 0.25) is 0 Å². The molecule has 0 aliphatic heterocycles. The van der Waals surface area contributed by atoms with E-state index < -0.39 is 7.62 Å². The fraction of sp³-hybridized carbons (Fsp3) is 1.00. The van der Waals surface area contributed by atoms with E-state index in [1.54, 1.807) is 9.76 Å². The largest absolute Gasteiger partial charge is 0.176 e. The average molecular weight is 355 g/mol. The Balaban J connectivity index is 3.02. The summed E-state index contributed by atoms with van der Waals surface area (Å²) in [6.07, 6.45) is 14.7. The zero-order valence-electron chi connectivity index (χ0n) is 12.9. The standard InChI is InChI=1S/C12H35ClSi5/c1-2-3-4-5-6-7-8-9-10-11-12-18(13)17-16-15-14/h18H,2-12,15-17H2,1,14H3. The Morgan fingerprint density at radius 1 is 0.889 bits per heavy atom. The Morgan fingerprint density at radius 3 is 1.89 bits per heavy atom. The van der Waals surface area contributed by atoms with E-state index in [1.165, 1.54) is 70.3 Å². The Morgan fingerprint density at radius 2 is 1.39 bits per heavy atom. The lowest BCUT2D eigenvalue weighted by Gasteiger charge is -2.06. The minimum atomic E-state index is -0.568. The van der Waals surface area contributed by atoms with Crippen LogP contribution in [-0.2, 0) is 0 Å². The SMILES string of the molecule is CCCCCCCCCCCC[SiH](Cl)[SiH2][SiH2][SiH2][SiH3]. The molecule has 0 aromatic rings. The van der Waals surface area contributed by atoms with Crippen molar-refractivity contribution in [1.82, 2.24) is 0 Å². The monoisotopic (exact) mass is 354 g/mol. The fourth-order valence-electron chi connectivity index (χ4n) is 2.42. The van der Waals surface area contributed by atoms with Crippen molar-refractivity contribution in [2.45, 2.75) is 77.2 Å². The van der Waals surface area contributed by atoms with Gasteiger partial charge in [-0.2, -0.15) is 11.1 Å². The second-order valence-electron chi connectivity index (χ2n) is 5.71. The molecule has 0 heterocycles. The van der Waals surface area contributed by atoms with Crippen LogP contribution in [0.1, 0.15) is 71.1 Å². The van der Waals surface area contributed by atoms with Gasteiger partial charge in [0, 0.05) is 8.55 Å². The minimum Gasteiger partial charge on any atom is -0.176 e. The van der Waals surface area contributed by atoms with Gasteiger partial charge in [-0.3, -0.25) is 0 Å². The van der Waals surface area contributed by atoms with E-state index >= 15 is 0 Å². The summed E-state index contributed by atoms with van der Waals surface area (Å²) in [6.45, 7) is 2.30. The molecule has 0 aliphatic carbocycles. The topological polar surface area (TPSA) is 0 Å². The van der Waals surface area contributed by atoms with Crippen LogP contribution in [-0.4, -0.2) is 43.0 Å². The third-order valence-electron chi connectivity index (χ3n) is 3.74. The molecule has 0 amide bonds. The highest BCUT2D eigenvalue weighted by atomic mass is 35.6. The molecule has 0 saturated carbocycles. The molecule has 0 spiro atoms. The van der Waals surface area contributed by atoms with Crippen LogP contribution in [0.2, 0.25) is 6.04 Å².